The summed E-state index contributed by atoms with van der Waals surface area (Å²) >= 11 is 0. The Hall–Kier alpha value is -0.370. The van der Waals surface area contributed by atoms with E-state index < -0.39 is 18.2 Å². The van der Waals surface area contributed by atoms with Gasteiger partial charge in [-0.05, 0) is 58.4 Å². The molecule has 2 heterocycles. The van der Waals surface area contributed by atoms with Crippen LogP contribution < -0.4 is 0 Å². The Morgan fingerprint density at radius 2 is 1.45 bits per heavy atom. The molecular weight excluding hydrogens is 295 g/mol. The van der Waals surface area contributed by atoms with Gasteiger partial charge in [-0.3, -0.25) is 0 Å². The second-order valence-corrected chi connectivity index (χ2v) is 6.66. The van der Waals surface area contributed by atoms with E-state index in [-0.39, 0.29) is 0 Å². The Kier molecular flexibility index (Phi) is 6.49. The summed E-state index contributed by atoms with van der Waals surface area (Å²) in [7, 11) is 2.14. The van der Waals surface area contributed by atoms with Gasteiger partial charge in [0.05, 0.1) is 0 Å². The monoisotopic (exact) mass is 323 g/mol. The van der Waals surface area contributed by atoms with Crippen LogP contribution in [0.15, 0.2) is 0 Å². The van der Waals surface area contributed by atoms with Crippen molar-refractivity contribution in [3.8, 4) is 0 Å². The Balaban J connectivity index is 1.60. The lowest BCUT2D eigenvalue weighted by Crippen LogP contribution is -2.46. The quantitative estimate of drug-likeness (QED) is 0.825. The highest BCUT2D eigenvalue weighted by Crippen LogP contribution is 2.31. The van der Waals surface area contributed by atoms with Crippen molar-refractivity contribution in [1.29, 1.82) is 0 Å². The molecule has 1 N–H and O–H groups in total. The number of likely N-dealkylation sites (tertiary alicyclic amines) is 1. The van der Waals surface area contributed by atoms with Crippen LogP contribution in [0.25, 0.3) is 0 Å². The number of aliphatic hydroxyl groups excluding tert-OH is 1. The molecule has 4 nitrogen and oxygen atoms in total. The molecule has 2 rings (SSSR count). The summed E-state index contributed by atoms with van der Waals surface area (Å²) in [5, 5.41) is 9.31. The molecule has 2 aliphatic heterocycles. The van der Waals surface area contributed by atoms with Gasteiger partial charge in [0, 0.05) is 26.2 Å². The summed E-state index contributed by atoms with van der Waals surface area (Å²) in [5.41, 5.74) is 0. The lowest BCUT2D eigenvalue weighted by molar-refractivity contribution is -0.223. The van der Waals surface area contributed by atoms with E-state index in [0.29, 0.717) is 25.9 Å². The van der Waals surface area contributed by atoms with Gasteiger partial charge in [-0.2, -0.15) is 13.2 Å². The first-order valence-corrected chi connectivity index (χ1v) is 8.24. The standard InChI is InChI=1S/C15H28F3N3O/c1-19-9-11-21(12-10-19)6-2-5-20-7-3-13(4-8-20)14(22)15(16,17)18/h13-14,22H,2-12H2,1H3. The second kappa shape index (κ2) is 7.95. The Bertz CT molecular complexity index is 324. The van der Waals surface area contributed by atoms with Gasteiger partial charge in [0.1, 0.15) is 0 Å². The molecule has 7 heteroatoms. The van der Waals surface area contributed by atoms with E-state index in [1.807, 2.05) is 0 Å². The zero-order valence-electron chi connectivity index (χ0n) is 13.4. The molecule has 1 atom stereocenters. The number of aliphatic hydroxyl groups is 1. The van der Waals surface area contributed by atoms with E-state index in [2.05, 4.69) is 21.7 Å². The smallest absolute Gasteiger partial charge is 0.383 e. The number of alkyl halides is 3. The fourth-order valence-electron chi connectivity index (χ4n) is 3.35. The molecule has 0 aromatic heterocycles. The topological polar surface area (TPSA) is 30.0 Å². The van der Waals surface area contributed by atoms with Crippen LogP contribution in [0.1, 0.15) is 19.3 Å². The fourth-order valence-corrected chi connectivity index (χ4v) is 3.35. The first-order valence-electron chi connectivity index (χ1n) is 8.24. The summed E-state index contributed by atoms with van der Waals surface area (Å²) in [6, 6.07) is 0. The third-order valence-corrected chi connectivity index (χ3v) is 4.96. The van der Waals surface area contributed by atoms with Gasteiger partial charge in [-0.25, -0.2) is 0 Å². The minimum Gasteiger partial charge on any atom is -0.383 e. The summed E-state index contributed by atoms with van der Waals surface area (Å²) < 4.78 is 37.5. The zero-order chi connectivity index (χ0) is 16.2. The fraction of sp³-hybridized carbons (Fsp3) is 1.00. The van der Waals surface area contributed by atoms with Crippen LogP contribution in [0.4, 0.5) is 13.2 Å². The van der Waals surface area contributed by atoms with Crippen LogP contribution in [0, 0.1) is 5.92 Å². The van der Waals surface area contributed by atoms with Gasteiger partial charge in [0.2, 0.25) is 0 Å². The van der Waals surface area contributed by atoms with Gasteiger partial charge < -0.3 is 19.8 Å². The SMILES string of the molecule is CN1CCN(CCCN2CCC(C(O)C(F)(F)F)CC2)CC1. The molecule has 2 fully saturated rings. The molecule has 0 spiro atoms. The number of piperidine rings is 1. The van der Waals surface area contributed by atoms with Crippen molar-refractivity contribution in [3.05, 3.63) is 0 Å². The van der Waals surface area contributed by atoms with E-state index in [1.54, 1.807) is 0 Å². The van der Waals surface area contributed by atoms with E-state index in [4.69, 9.17) is 0 Å². The summed E-state index contributed by atoms with van der Waals surface area (Å²) in [4.78, 5) is 7.02. The van der Waals surface area contributed by atoms with Crippen molar-refractivity contribution in [2.75, 3.05) is 59.4 Å². The number of piperazine rings is 1. The van der Waals surface area contributed by atoms with Crippen molar-refractivity contribution in [3.63, 3.8) is 0 Å². The van der Waals surface area contributed by atoms with E-state index in [9.17, 15) is 18.3 Å². The van der Waals surface area contributed by atoms with Gasteiger partial charge in [-0.1, -0.05) is 0 Å². The largest absolute Gasteiger partial charge is 0.414 e. The van der Waals surface area contributed by atoms with Crippen molar-refractivity contribution >= 4 is 0 Å². The predicted octanol–water partition coefficient (Wildman–Crippen LogP) is 1.26. The van der Waals surface area contributed by atoms with Crippen LogP contribution in [-0.4, -0.2) is 91.5 Å². The number of likely N-dealkylation sites (N-methyl/N-ethyl adjacent to an activating group) is 1. The molecule has 0 amide bonds. The molecule has 1 unspecified atom stereocenters. The molecule has 0 aromatic rings. The minimum atomic E-state index is -4.48. The summed E-state index contributed by atoms with van der Waals surface area (Å²) in [5.74, 6) is -0.631. The maximum Gasteiger partial charge on any atom is 0.414 e. The molecular formula is C15H28F3N3O. The normalized spacial score (nSPS) is 25.5. The Labute approximate surface area is 130 Å². The predicted molar refractivity (Wildman–Crippen MR) is 79.8 cm³/mol. The van der Waals surface area contributed by atoms with Crippen LogP contribution >= 0.6 is 0 Å². The number of rotatable bonds is 5. The summed E-state index contributed by atoms with van der Waals surface area (Å²) in [6.45, 7) is 7.79. The third-order valence-electron chi connectivity index (χ3n) is 4.96. The molecule has 0 bridgehead atoms. The molecule has 2 saturated heterocycles. The number of halogens is 3. The third kappa shape index (κ3) is 5.37. The number of nitrogens with zero attached hydrogens (tertiary/aromatic N) is 3. The van der Waals surface area contributed by atoms with Crippen molar-refractivity contribution < 1.29 is 18.3 Å². The van der Waals surface area contributed by atoms with Crippen LogP contribution in [-0.2, 0) is 0 Å². The number of hydrogen-bond acceptors (Lipinski definition) is 4. The first kappa shape index (κ1) is 18.0. The minimum absolute atomic E-state index is 0.440. The first-order chi connectivity index (χ1) is 10.4. The lowest BCUT2D eigenvalue weighted by atomic mass is 9.91. The maximum absolute atomic E-state index is 12.5. The van der Waals surface area contributed by atoms with Crippen molar-refractivity contribution in [2.24, 2.45) is 5.92 Å². The lowest BCUT2D eigenvalue weighted by Gasteiger charge is -2.36. The second-order valence-electron chi connectivity index (χ2n) is 6.66. The van der Waals surface area contributed by atoms with Gasteiger partial charge in [0.15, 0.2) is 6.10 Å². The highest BCUT2D eigenvalue weighted by molar-refractivity contribution is 4.81. The average molecular weight is 323 g/mol. The van der Waals surface area contributed by atoms with Gasteiger partial charge >= 0.3 is 6.18 Å². The maximum atomic E-state index is 12.5. The van der Waals surface area contributed by atoms with Crippen molar-refractivity contribution in [2.45, 2.75) is 31.5 Å². The molecule has 22 heavy (non-hydrogen) atoms. The van der Waals surface area contributed by atoms with Crippen LogP contribution in [0.5, 0.6) is 0 Å². The van der Waals surface area contributed by atoms with Crippen LogP contribution in [0.2, 0.25) is 0 Å². The molecule has 0 aliphatic carbocycles. The van der Waals surface area contributed by atoms with Gasteiger partial charge in [0.25, 0.3) is 0 Å². The van der Waals surface area contributed by atoms with E-state index in [0.717, 1.165) is 45.7 Å². The van der Waals surface area contributed by atoms with E-state index >= 15 is 0 Å². The van der Waals surface area contributed by atoms with E-state index in [1.165, 1.54) is 0 Å². The Morgan fingerprint density at radius 1 is 0.955 bits per heavy atom. The molecule has 130 valence electrons. The summed E-state index contributed by atoms with van der Waals surface area (Å²) in [6.07, 6.45) is -4.69. The Morgan fingerprint density at radius 3 is 1.95 bits per heavy atom. The molecule has 0 saturated carbocycles. The average Bonchev–Trinajstić information content (AvgIpc) is 2.48. The highest BCUT2D eigenvalue weighted by Gasteiger charge is 2.44. The van der Waals surface area contributed by atoms with Gasteiger partial charge in [-0.15, -0.1) is 0 Å². The number of hydrogen-bond donors (Lipinski definition) is 1. The molecule has 0 radical (unpaired) electrons. The molecule has 2 aliphatic rings. The highest BCUT2D eigenvalue weighted by atomic mass is 19.4. The van der Waals surface area contributed by atoms with Crippen molar-refractivity contribution in [1.82, 2.24) is 14.7 Å². The zero-order valence-corrected chi connectivity index (χ0v) is 13.4. The molecule has 0 aromatic carbocycles. The van der Waals surface area contributed by atoms with Crippen LogP contribution in [0.3, 0.4) is 0 Å².